The Morgan fingerprint density at radius 1 is 1.10 bits per heavy atom. The molecule has 2 aromatic heterocycles. The number of aryl methyl sites for hydroxylation is 1. The second-order valence-corrected chi connectivity index (χ2v) is 6.45. The molecule has 0 aliphatic carbocycles. The molecule has 0 saturated carbocycles. The molecule has 102 valence electrons. The highest BCUT2D eigenvalue weighted by Gasteiger charge is 2.19. The van der Waals surface area contributed by atoms with Gasteiger partial charge in [0.2, 0.25) is 0 Å². The molecule has 0 unspecified atom stereocenters. The normalized spacial score (nSPS) is 11.9. The highest BCUT2D eigenvalue weighted by Crippen LogP contribution is 2.24. The van der Waals surface area contributed by atoms with Crippen molar-refractivity contribution in [3.05, 3.63) is 42.2 Å². The van der Waals surface area contributed by atoms with Gasteiger partial charge in [0.25, 0.3) is 0 Å². The van der Waals surface area contributed by atoms with Crippen LogP contribution in [0.5, 0.6) is 0 Å². The molecule has 6 nitrogen and oxygen atoms in total. The van der Waals surface area contributed by atoms with Crippen molar-refractivity contribution >= 4 is 15.5 Å². The largest absolute Gasteiger partial charge is 0.222 e. The lowest BCUT2D eigenvalue weighted by Crippen LogP contribution is -2.10. The van der Waals surface area contributed by atoms with Gasteiger partial charge in [0, 0.05) is 11.8 Å². The lowest BCUT2D eigenvalue weighted by Gasteiger charge is -2.04. The average Bonchev–Trinajstić information content (AvgIpc) is 2.83. The van der Waals surface area contributed by atoms with Crippen molar-refractivity contribution in [3.63, 3.8) is 0 Å². The van der Waals surface area contributed by atoms with E-state index in [4.69, 9.17) is 0 Å². The van der Waals surface area contributed by atoms with Gasteiger partial charge in [-0.1, -0.05) is 30.3 Å². The van der Waals surface area contributed by atoms with Crippen molar-refractivity contribution in [1.29, 1.82) is 0 Å². The summed E-state index contributed by atoms with van der Waals surface area (Å²) in [4.78, 5) is 0. The zero-order valence-electron chi connectivity index (χ0n) is 11.0. The Bertz CT molecular complexity index is 885. The van der Waals surface area contributed by atoms with Gasteiger partial charge in [0.05, 0.1) is 11.9 Å². The predicted molar refractivity (Wildman–Crippen MR) is 74.1 cm³/mol. The molecule has 0 N–H and O–H groups in total. The van der Waals surface area contributed by atoms with Gasteiger partial charge < -0.3 is 0 Å². The Kier molecular flexibility index (Phi) is 2.79. The smallest absolute Gasteiger partial charge is 0.198 e. The van der Waals surface area contributed by atoms with Crippen molar-refractivity contribution in [2.45, 2.75) is 11.9 Å². The molecule has 1 aromatic carbocycles. The number of hydrogen-bond donors (Lipinski definition) is 0. The van der Waals surface area contributed by atoms with E-state index < -0.39 is 9.84 Å². The molecular weight excluding hydrogens is 276 g/mol. The molecule has 7 heteroatoms. The Labute approximate surface area is 116 Å². The van der Waals surface area contributed by atoms with E-state index in [-0.39, 0.29) is 5.03 Å². The lowest BCUT2D eigenvalue weighted by molar-refractivity contribution is 0.591. The topological polar surface area (TPSA) is 77.2 Å². The summed E-state index contributed by atoms with van der Waals surface area (Å²) in [7, 11) is -3.41. The van der Waals surface area contributed by atoms with E-state index in [1.807, 2.05) is 30.3 Å². The number of benzene rings is 1. The van der Waals surface area contributed by atoms with Gasteiger partial charge in [0.1, 0.15) is 0 Å². The van der Waals surface area contributed by atoms with Crippen molar-refractivity contribution in [3.8, 4) is 11.1 Å². The van der Waals surface area contributed by atoms with Crippen LogP contribution in [0.4, 0.5) is 0 Å². The molecule has 0 fully saturated rings. The molecule has 20 heavy (non-hydrogen) atoms. The minimum atomic E-state index is -3.41. The first kappa shape index (κ1) is 12.7. The maximum Gasteiger partial charge on any atom is 0.198 e. The van der Waals surface area contributed by atoms with Crippen LogP contribution in [0.1, 0.15) is 5.69 Å². The summed E-state index contributed by atoms with van der Waals surface area (Å²) >= 11 is 0. The molecule has 3 rings (SSSR count). The van der Waals surface area contributed by atoms with Crippen LogP contribution in [0.3, 0.4) is 0 Å². The molecule has 0 bridgehead atoms. The molecule has 0 aliphatic heterocycles. The molecule has 0 spiro atoms. The van der Waals surface area contributed by atoms with Crippen LogP contribution >= 0.6 is 0 Å². The SMILES string of the molecule is Cc1c(S(C)(=O)=O)nnc2c(-c3ccccc3)cnn12. The Morgan fingerprint density at radius 2 is 1.80 bits per heavy atom. The Morgan fingerprint density at radius 3 is 2.45 bits per heavy atom. The minimum absolute atomic E-state index is 0.0484. The third-order valence-electron chi connectivity index (χ3n) is 3.04. The van der Waals surface area contributed by atoms with Crippen LogP contribution in [-0.4, -0.2) is 34.5 Å². The highest BCUT2D eigenvalue weighted by atomic mass is 32.2. The van der Waals surface area contributed by atoms with Crippen molar-refractivity contribution in [2.75, 3.05) is 6.26 Å². The quantitative estimate of drug-likeness (QED) is 0.714. The molecule has 2 heterocycles. The Balaban J connectivity index is 2.29. The van der Waals surface area contributed by atoms with Gasteiger partial charge in [-0.05, 0) is 12.5 Å². The summed E-state index contributed by atoms with van der Waals surface area (Å²) in [6.07, 6.45) is 2.77. The third-order valence-corrected chi connectivity index (χ3v) is 4.12. The second-order valence-electron chi connectivity index (χ2n) is 4.52. The van der Waals surface area contributed by atoms with Crippen LogP contribution < -0.4 is 0 Å². The maximum absolute atomic E-state index is 11.6. The first-order valence-electron chi connectivity index (χ1n) is 5.95. The zero-order chi connectivity index (χ0) is 14.3. The van der Waals surface area contributed by atoms with Crippen LogP contribution in [0.2, 0.25) is 0 Å². The van der Waals surface area contributed by atoms with E-state index in [0.717, 1.165) is 17.4 Å². The first-order valence-corrected chi connectivity index (χ1v) is 7.84. The van der Waals surface area contributed by atoms with Gasteiger partial charge in [-0.3, -0.25) is 0 Å². The fraction of sp³-hybridized carbons (Fsp3) is 0.154. The van der Waals surface area contributed by atoms with Gasteiger partial charge >= 0.3 is 0 Å². The Hall–Kier alpha value is -2.28. The number of sulfone groups is 1. The third kappa shape index (κ3) is 1.96. The lowest BCUT2D eigenvalue weighted by atomic mass is 10.1. The minimum Gasteiger partial charge on any atom is -0.222 e. The number of aromatic nitrogens is 4. The predicted octanol–water partition coefficient (Wildman–Crippen LogP) is 1.50. The monoisotopic (exact) mass is 288 g/mol. The average molecular weight is 288 g/mol. The fourth-order valence-corrected chi connectivity index (χ4v) is 2.92. The summed E-state index contributed by atoms with van der Waals surface area (Å²) < 4.78 is 24.8. The van der Waals surface area contributed by atoms with Gasteiger partial charge in [-0.2, -0.15) is 5.10 Å². The number of hydrogen-bond acceptors (Lipinski definition) is 5. The van der Waals surface area contributed by atoms with Gasteiger partial charge in [-0.25, -0.2) is 12.9 Å². The van der Waals surface area contributed by atoms with E-state index >= 15 is 0 Å². The second kappa shape index (κ2) is 4.38. The van der Waals surface area contributed by atoms with E-state index in [2.05, 4.69) is 15.3 Å². The van der Waals surface area contributed by atoms with E-state index in [0.29, 0.717) is 11.3 Å². The number of fused-ring (bicyclic) bond motifs is 1. The molecule has 0 amide bonds. The zero-order valence-corrected chi connectivity index (χ0v) is 11.8. The standard InChI is InChI=1S/C13H12N4O2S/c1-9-13(20(2,18)19)16-15-12-11(8-14-17(9)12)10-6-4-3-5-7-10/h3-8H,1-2H3. The summed E-state index contributed by atoms with van der Waals surface area (Å²) in [5.74, 6) is 0. The van der Waals surface area contributed by atoms with Crippen molar-refractivity contribution in [1.82, 2.24) is 19.8 Å². The summed E-state index contributed by atoms with van der Waals surface area (Å²) in [5.41, 5.74) is 2.78. The maximum atomic E-state index is 11.6. The fourth-order valence-electron chi connectivity index (χ4n) is 2.10. The van der Waals surface area contributed by atoms with Crippen LogP contribution in [0.15, 0.2) is 41.6 Å². The van der Waals surface area contributed by atoms with Crippen LogP contribution in [-0.2, 0) is 9.84 Å². The molecule has 0 aliphatic rings. The number of nitrogens with zero attached hydrogens (tertiary/aromatic N) is 4. The van der Waals surface area contributed by atoms with E-state index in [9.17, 15) is 8.42 Å². The molecular formula is C13H12N4O2S. The first-order chi connectivity index (χ1) is 9.48. The van der Waals surface area contributed by atoms with E-state index in [1.54, 1.807) is 13.1 Å². The molecule has 0 atom stereocenters. The van der Waals surface area contributed by atoms with Crippen LogP contribution in [0, 0.1) is 6.92 Å². The highest BCUT2D eigenvalue weighted by molar-refractivity contribution is 7.90. The summed E-state index contributed by atoms with van der Waals surface area (Å²) in [5, 5.41) is 12.0. The molecule has 0 saturated heterocycles. The van der Waals surface area contributed by atoms with Crippen LogP contribution in [0.25, 0.3) is 16.8 Å². The molecule has 3 aromatic rings. The van der Waals surface area contributed by atoms with Crippen molar-refractivity contribution < 1.29 is 8.42 Å². The molecule has 0 radical (unpaired) electrons. The summed E-state index contributed by atoms with van der Waals surface area (Å²) in [6.45, 7) is 1.67. The van der Waals surface area contributed by atoms with E-state index in [1.165, 1.54) is 4.52 Å². The number of rotatable bonds is 2. The van der Waals surface area contributed by atoms with Gasteiger partial charge in [-0.15, -0.1) is 10.2 Å². The van der Waals surface area contributed by atoms with Gasteiger partial charge in [0.15, 0.2) is 20.5 Å². The van der Waals surface area contributed by atoms with Crippen molar-refractivity contribution in [2.24, 2.45) is 0 Å². The summed E-state index contributed by atoms with van der Waals surface area (Å²) in [6, 6.07) is 9.65.